The van der Waals surface area contributed by atoms with E-state index in [1.165, 1.54) is 15.9 Å². The average molecular weight is 424 g/mol. The first kappa shape index (κ1) is 20.1. The number of ether oxygens (including phenoxy) is 1. The molecule has 0 amide bonds. The Morgan fingerprint density at radius 3 is 2.83 bits per heavy atom. The second-order valence-corrected chi connectivity index (χ2v) is 9.24. The fourth-order valence-corrected chi connectivity index (χ4v) is 5.75. The van der Waals surface area contributed by atoms with Crippen LogP contribution in [0.25, 0.3) is 0 Å². The first-order valence-electron chi connectivity index (χ1n) is 9.54. The molecule has 0 spiro atoms. The van der Waals surface area contributed by atoms with E-state index in [2.05, 4.69) is 5.10 Å². The van der Waals surface area contributed by atoms with Crippen molar-refractivity contribution in [2.75, 3.05) is 13.2 Å². The SMILES string of the molecule is Cn1c(C(=O)O)cc(S(=O)(=O)N2CCc3c(cnn3C3CCCCO3)C2)c1CO. The zero-order valence-electron chi connectivity index (χ0n) is 16.1. The Hall–Kier alpha value is -2.21. The van der Waals surface area contributed by atoms with Crippen molar-refractivity contribution in [3.63, 3.8) is 0 Å². The van der Waals surface area contributed by atoms with E-state index in [1.54, 1.807) is 6.20 Å². The van der Waals surface area contributed by atoms with Gasteiger partial charge < -0.3 is 19.5 Å². The molecule has 2 aromatic heterocycles. The molecule has 11 heteroatoms. The van der Waals surface area contributed by atoms with Gasteiger partial charge in [-0.05, 0) is 25.3 Å². The van der Waals surface area contributed by atoms with Gasteiger partial charge in [-0.3, -0.25) is 0 Å². The first-order valence-corrected chi connectivity index (χ1v) is 11.0. The summed E-state index contributed by atoms with van der Waals surface area (Å²) in [5.74, 6) is -1.25. The monoisotopic (exact) mass is 424 g/mol. The van der Waals surface area contributed by atoms with Crippen LogP contribution in [0, 0.1) is 0 Å². The van der Waals surface area contributed by atoms with E-state index in [1.807, 2.05) is 4.68 Å². The Morgan fingerprint density at radius 2 is 2.17 bits per heavy atom. The van der Waals surface area contributed by atoms with E-state index >= 15 is 0 Å². The third-order valence-electron chi connectivity index (χ3n) is 5.66. The van der Waals surface area contributed by atoms with Gasteiger partial charge in [0.25, 0.3) is 0 Å². The lowest BCUT2D eigenvalue weighted by Gasteiger charge is -2.29. The van der Waals surface area contributed by atoms with Crippen LogP contribution in [0.3, 0.4) is 0 Å². The largest absolute Gasteiger partial charge is 0.477 e. The molecule has 1 fully saturated rings. The Labute approximate surface area is 168 Å². The van der Waals surface area contributed by atoms with E-state index in [0.717, 1.165) is 36.6 Å². The summed E-state index contributed by atoms with van der Waals surface area (Å²) in [6.45, 7) is 0.514. The van der Waals surface area contributed by atoms with Gasteiger partial charge in [-0.25, -0.2) is 17.9 Å². The zero-order valence-corrected chi connectivity index (χ0v) is 16.9. The predicted molar refractivity (Wildman–Crippen MR) is 101 cm³/mol. The van der Waals surface area contributed by atoms with Gasteiger partial charge in [0, 0.05) is 44.4 Å². The second-order valence-electron chi connectivity index (χ2n) is 7.33. The number of fused-ring (bicyclic) bond motifs is 1. The third-order valence-corrected chi connectivity index (χ3v) is 7.56. The van der Waals surface area contributed by atoms with Crippen LogP contribution in [0.1, 0.15) is 52.9 Å². The summed E-state index contributed by atoms with van der Waals surface area (Å²) in [6, 6.07) is 1.11. The summed E-state index contributed by atoms with van der Waals surface area (Å²) in [7, 11) is -2.55. The fourth-order valence-electron chi connectivity index (χ4n) is 4.07. The number of aliphatic hydroxyl groups is 1. The Morgan fingerprint density at radius 1 is 1.38 bits per heavy atom. The van der Waals surface area contributed by atoms with Crippen LogP contribution in [-0.4, -0.2) is 56.4 Å². The third kappa shape index (κ3) is 3.37. The van der Waals surface area contributed by atoms with Crippen molar-refractivity contribution in [2.24, 2.45) is 7.05 Å². The smallest absolute Gasteiger partial charge is 0.352 e. The van der Waals surface area contributed by atoms with Crippen LogP contribution >= 0.6 is 0 Å². The molecule has 2 N–H and O–H groups in total. The lowest BCUT2D eigenvalue weighted by molar-refractivity contribution is -0.0414. The van der Waals surface area contributed by atoms with Gasteiger partial charge in [0.05, 0.1) is 18.5 Å². The van der Waals surface area contributed by atoms with Gasteiger partial charge >= 0.3 is 5.97 Å². The van der Waals surface area contributed by atoms with Crippen LogP contribution in [0.4, 0.5) is 0 Å². The standard InChI is InChI=1S/C18H24N4O6S/c1-20-14(18(24)25)8-16(15(20)11-23)29(26,27)21-6-5-13-12(10-21)9-19-22(13)17-4-2-3-7-28-17/h8-9,17,23H,2-7,10-11H2,1H3,(H,24,25). The quantitative estimate of drug-likeness (QED) is 0.729. The van der Waals surface area contributed by atoms with E-state index in [9.17, 15) is 23.4 Å². The van der Waals surface area contributed by atoms with Crippen LogP contribution in [0.5, 0.6) is 0 Å². The Kier molecular flexibility index (Phi) is 5.23. The first-order chi connectivity index (χ1) is 13.8. The number of carboxylic acids is 1. The van der Waals surface area contributed by atoms with Gasteiger partial charge in [0.2, 0.25) is 10.0 Å². The maximum absolute atomic E-state index is 13.2. The fraction of sp³-hybridized carbons (Fsp3) is 0.556. The number of hydrogen-bond donors (Lipinski definition) is 2. The normalized spacial score (nSPS) is 20.6. The minimum absolute atomic E-state index is 0.0551. The maximum atomic E-state index is 13.2. The Balaban J connectivity index is 1.63. The summed E-state index contributed by atoms with van der Waals surface area (Å²) in [5, 5.41) is 23.4. The molecule has 1 saturated heterocycles. The number of carboxylic acid groups (broad SMARTS) is 1. The number of sulfonamides is 1. The molecule has 4 heterocycles. The van der Waals surface area contributed by atoms with Gasteiger partial charge in [-0.15, -0.1) is 0 Å². The van der Waals surface area contributed by atoms with Crippen molar-refractivity contribution >= 4 is 16.0 Å². The van der Waals surface area contributed by atoms with Crippen molar-refractivity contribution in [3.05, 3.63) is 34.9 Å². The molecule has 29 heavy (non-hydrogen) atoms. The number of carbonyl (C=O) groups is 1. The molecule has 4 rings (SSSR count). The number of aromatic carboxylic acids is 1. The highest BCUT2D eigenvalue weighted by atomic mass is 32.2. The highest BCUT2D eigenvalue weighted by Gasteiger charge is 2.35. The van der Waals surface area contributed by atoms with Crippen LogP contribution in [0.2, 0.25) is 0 Å². The molecule has 0 bridgehead atoms. The maximum Gasteiger partial charge on any atom is 0.352 e. The minimum atomic E-state index is -3.98. The number of rotatable bonds is 5. The summed E-state index contributed by atoms with van der Waals surface area (Å²) in [4.78, 5) is 11.2. The highest BCUT2D eigenvalue weighted by molar-refractivity contribution is 7.89. The molecule has 1 atom stereocenters. The van der Waals surface area contributed by atoms with Crippen molar-refractivity contribution in [2.45, 2.75) is 50.0 Å². The zero-order chi connectivity index (χ0) is 20.8. The van der Waals surface area contributed by atoms with Gasteiger partial charge in [0.15, 0.2) is 0 Å². The lowest BCUT2D eigenvalue weighted by atomic mass is 10.1. The molecule has 2 aromatic rings. The lowest BCUT2D eigenvalue weighted by Crippen LogP contribution is -2.37. The molecule has 2 aliphatic rings. The molecule has 0 aromatic carbocycles. The summed E-state index contributed by atoms with van der Waals surface area (Å²) >= 11 is 0. The number of aromatic nitrogens is 3. The molecule has 10 nitrogen and oxygen atoms in total. The molecule has 0 saturated carbocycles. The molecule has 158 valence electrons. The van der Waals surface area contributed by atoms with Gasteiger partial charge in [0.1, 0.15) is 16.8 Å². The second kappa shape index (κ2) is 7.56. The molecule has 0 aliphatic carbocycles. The number of nitrogens with zero attached hydrogens (tertiary/aromatic N) is 4. The van der Waals surface area contributed by atoms with E-state index in [-0.39, 0.29) is 35.6 Å². The van der Waals surface area contributed by atoms with E-state index in [0.29, 0.717) is 13.0 Å². The van der Waals surface area contributed by atoms with Crippen molar-refractivity contribution in [3.8, 4) is 0 Å². The van der Waals surface area contributed by atoms with E-state index in [4.69, 9.17) is 4.74 Å². The van der Waals surface area contributed by atoms with Crippen LogP contribution in [-0.2, 0) is 41.4 Å². The number of hydrogen-bond acceptors (Lipinski definition) is 6. The van der Waals surface area contributed by atoms with Crippen LogP contribution < -0.4 is 0 Å². The van der Waals surface area contributed by atoms with Crippen LogP contribution in [0.15, 0.2) is 17.2 Å². The summed E-state index contributed by atoms with van der Waals surface area (Å²) < 4.78 is 36.6. The topological polar surface area (TPSA) is 127 Å². The van der Waals surface area contributed by atoms with Crippen molar-refractivity contribution in [1.29, 1.82) is 0 Å². The van der Waals surface area contributed by atoms with Gasteiger partial charge in [-0.1, -0.05) is 0 Å². The summed E-state index contributed by atoms with van der Waals surface area (Å²) in [6.07, 6.45) is 5.05. The molecule has 2 aliphatic heterocycles. The van der Waals surface area contributed by atoms with Gasteiger partial charge in [-0.2, -0.15) is 9.40 Å². The summed E-state index contributed by atoms with van der Waals surface area (Å²) in [5.41, 5.74) is 1.66. The molecular formula is C18H24N4O6S. The molecule has 0 radical (unpaired) electrons. The minimum Gasteiger partial charge on any atom is -0.477 e. The number of aliphatic hydroxyl groups excluding tert-OH is 1. The average Bonchev–Trinajstić information content (AvgIpc) is 3.29. The predicted octanol–water partition coefficient (Wildman–Crippen LogP) is 0.858. The molecule has 1 unspecified atom stereocenters. The van der Waals surface area contributed by atoms with E-state index < -0.39 is 22.6 Å². The Bertz CT molecular complexity index is 1040. The van der Waals surface area contributed by atoms with Crippen molar-refractivity contribution in [1.82, 2.24) is 18.7 Å². The van der Waals surface area contributed by atoms with Crippen molar-refractivity contribution < 1.29 is 28.2 Å². The highest BCUT2D eigenvalue weighted by Crippen LogP contribution is 2.31. The molecular weight excluding hydrogens is 400 g/mol.